The molecular formula is C7H12N4O. The average molecular weight is 168 g/mol. The van der Waals surface area contributed by atoms with Crippen molar-refractivity contribution in [2.45, 2.75) is 6.92 Å². The third kappa shape index (κ3) is 1.50. The van der Waals surface area contributed by atoms with Crippen molar-refractivity contribution in [1.29, 1.82) is 0 Å². The van der Waals surface area contributed by atoms with Crippen molar-refractivity contribution in [3.8, 4) is 0 Å². The molecule has 0 aliphatic carbocycles. The van der Waals surface area contributed by atoms with Gasteiger partial charge in [0.05, 0.1) is 6.54 Å². The van der Waals surface area contributed by atoms with Gasteiger partial charge in [-0.1, -0.05) is 0 Å². The molecule has 0 amide bonds. The van der Waals surface area contributed by atoms with Crippen LogP contribution >= 0.6 is 0 Å². The number of nitrogens with zero attached hydrogens (tertiary/aromatic N) is 3. The highest BCUT2D eigenvalue weighted by molar-refractivity contribution is 5.94. The number of Topliss-reactive ketones (excluding diaryl/α,β-unsaturated/α-hetero) is 1. The summed E-state index contributed by atoms with van der Waals surface area (Å²) in [5.41, 5.74) is 0. The van der Waals surface area contributed by atoms with Gasteiger partial charge in [-0.15, -0.1) is 10.2 Å². The molecule has 0 bridgehead atoms. The van der Waals surface area contributed by atoms with Gasteiger partial charge in [0.15, 0.2) is 0 Å². The number of ketones is 1. The Kier molecular flexibility index (Phi) is 2.54. The van der Waals surface area contributed by atoms with Gasteiger partial charge in [-0.3, -0.25) is 4.79 Å². The van der Waals surface area contributed by atoms with Crippen LogP contribution < -0.4 is 5.32 Å². The Labute approximate surface area is 70.8 Å². The molecule has 0 aliphatic heterocycles. The van der Waals surface area contributed by atoms with Crippen LogP contribution in [-0.4, -0.2) is 34.1 Å². The number of nitrogens with one attached hydrogen (secondary N) is 1. The zero-order chi connectivity index (χ0) is 9.14. The molecule has 5 nitrogen and oxygen atoms in total. The summed E-state index contributed by atoms with van der Waals surface area (Å²) in [7, 11) is 3.50. The Bertz CT molecular complexity index is 292. The molecule has 1 aromatic rings. The minimum atomic E-state index is -0.0411. The third-order valence-corrected chi connectivity index (χ3v) is 1.68. The molecule has 0 atom stereocenters. The van der Waals surface area contributed by atoms with Crippen LogP contribution in [0.2, 0.25) is 0 Å². The number of hydrogen-bond donors (Lipinski definition) is 1. The van der Waals surface area contributed by atoms with E-state index in [0.717, 1.165) is 5.82 Å². The van der Waals surface area contributed by atoms with Crippen LogP contribution in [0.3, 0.4) is 0 Å². The average Bonchev–Trinajstić information content (AvgIpc) is 2.34. The van der Waals surface area contributed by atoms with E-state index in [4.69, 9.17) is 0 Å². The fourth-order valence-electron chi connectivity index (χ4n) is 0.890. The largest absolute Gasteiger partial charge is 0.313 e. The van der Waals surface area contributed by atoms with Crippen molar-refractivity contribution < 1.29 is 4.79 Å². The quantitative estimate of drug-likeness (QED) is 0.620. The predicted octanol–water partition coefficient (Wildman–Crippen LogP) is -0.474. The molecule has 0 radical (unpaired) electrons. The second kappa shape index (κ2) is 3.44. The molecule has 0 fully saturated rings. The van der Waals surface area contributed by atoms with E-state index in [2.05, 4.69) is 15.5 Å². The van der Waals surface area contributed by atoms with Crippen LogP contribution in [0.15, 0.2) is 0 Å². The zero-order valence-corrected chi connectivity index (χ0v) is 7.46. The summed E-state index contributed by atoms with van der Waals surface area (Å²) in [6.45, 7) is 2.11. The third-order valence-electron chi connectivity index (χ3n) is 1.68. The summed E-state index contributed by atoms with van der Waals surface area (Å²) in [5, 5.41) is 10.3. The van der Waals surface area contributed by atoms with Gasteiger partial charge in [-0.05, 0) is 14.0 Å². The maximum absolute atomic E-state index is 11.3. The molecule has 0 unspecified atom stereocenters. The predicted molar refractivity (Wildman–Crippen MR) is 44.0 cm³/mol. The Morgan fingerprint density at radius 1 is 1.58 bits per heavy atom. The van der Waals surface area contributed by atoms with Crippen molar-refractivity contribution in [2.24, 2.45) is 7.05 Å². The Balaban J connectivity index is 2.88. The molecule has 0 aromatic carbocycles. The molecule has 1 heterocycles. The van der Waals surface area contributed by atoms with E-state index in [0.29, 0.717) is 12.4 Å². The molecule has 1 aromatic heterocycles. The van der Waals surface area contributed by atoms with Gasteiger partial charge < -0.3 is 9.88 Å². The fourth-order valence-corrected chi connectivity index (χ4v) is 0.890. The number of rotatable bonds is 3. The molecule has 66 valence electrons. The molecule has 12 heavy (non-hydrogen) atoms. The van der Waals surface area contributed by atoms with Gasteiger partial charge in [0, 0.05) is 7.05 Å². The molecule has 1 rings (SSSR count). The monoisotopic (exact) mass is 168 g/mol. The van der Waals surface area contributed by atoms with Gasteiger partial charge in [0.1, 0.15) is 5.82 Å². The molecule has 1 N–H and O–H groups in total. The van der Waals surface area contributed by atoms with E-state index in [1.54, 1.807) is 18.7 Å². The number of aromatic nitrogens is 3. The van der Waals surface area contributed by atoms with Gasteiger partial charge in [0.25, 0.3) is 0 Å². The van der Waals surface area contributed by atoms with Crippen LogP contribution in [0.4, 0.5) is 0 Å². The maximum atomic E-state index is 11.3. The lowest BCUT2D eigenvalue weighted by atomic mass is 10.3. The van der Waals surface area contributed by atoms with Gasteiger partial charge >= 0.3 is 0 Å². The van der Waals surface area contributed by atoms with Crippen molar-refractivity contribution in [1.82, 2.24) is 20.1 Å². The van der Waals surface area contributed by atoms with Gasteiger partial charge in [0.2, 0.25) is 11.6 Å². The number of hydrogen-bond acceptors (Lipinski definition) is 4. The summed E-state index contributed by atoms with van der Waals surface area (Å²) in [6.07, 6.45) is 0. The first-order chi connectivity index (χ1) is 5.66. The summed E-state index contributed by atoms with van der Waals surface area (Å²) >= 11 is 0. The topological polar surface area (TPSA) is 59.8 Å². The first-order valence-electron chi connectivity index (χ1n) is 3.70. The number of aryl methyl sites for hydroxylation is 1. The van der Waals surface area contributed by atoms with Crippen molar-refractivity contribution in [2.75, 3.05) is 13.6 Å². The fraction of sp³-hybridized carbons (Fsp3) is 0.571. The Hall–Kier alpha value is -1.23. The standard InChI is InChI=1S/C7H12N4O/c1-5-9-10-7(11(5)3)6(12)4-8-2/h8H,4H2,1-3H3. The molecule has 0 saturated heterocycles. The van der Waals surface area contributed by atoms with Crippen LogP contribution in [-0.2, 0) is 7.05 Å². The highest BCUT2D eigenvalue weighted by atomic mass is 16.1. The van der Waals surface area contributed by atoms with Crippen molar-refractivity contribution >= 4 is 5.78 Å². The highest BCUT2D eigenvalue weighted by Crippen LogP contribution is 1.97. The minimum absolute atomic E-state index is 0.0411. The lowest BCUT2D eigenvalue weighted by molar-refractivity contribution is 0.0980. The molecule has 0 saturated carbocycles. The summed E-state index contributed by atoms with van der Waals surface area (Å²) < 4.78 is 1.68. The lowest BCUT2D eigenvalue weighted by Crippen LogP contribution is -2.21. The number of likely N-dealkylation sites (N-methyl/N-ethyl adjacent to an activating group) is 1. The molecule has 0 aliphatic rings. The summed E-state index contributed by atoms with van der Waals surface area (Å²) in [4.78, 5) is 11.3. The number of carbonyl (C=O) groups excluding carboxylic acids is 1. The first kappa shape index (κ1) is 8.86. The van der Waals surface area contributed by atoms with E-state index >= 15 is 0 Å². The van der Waals surface area contributed by atoms with E-state index < -0.39 is 0 Å². The molecular weight excluding hydrogens is 156 g/mol. The second-order valence-corrected chi connectivity index (χ2v) is 2.58. The smallest absolute Gasteiger partial charge is 0.213 e. The van der Waals surface area contributed by atoms with Crippen LogP contribution in [0.25, 0.3) is 0 Å². The van der Waals surface area contributed by atoms with E-state index in [-0.39, 0.29) is 5.78 Å². The lowest BCUT2D eigenvalue weighted by Gasteiger charge is -1.98. The van der Waals surface area contributed by atoms with E-state index in [1.165, 1.54) is 0 Å². The molecule has 5 heteroatoms. The SMILES string of the molecule is CNCC(=O)c1nnc(C)n1C. The van der Waals surface area contributed by atoms with Gasteiger partial charge in [-0.2, -0.15) is 0 Å². The Morgan fingerprint density at radius 3 is 2.67 bits per heavy atom. The van der Waals surface area contributed by atoms with E-state index in [9.17, 15) is 4.79 Å². The summed E-state index contributed by atoms with van der Waals surface area (Å²) in [6, 6.07) is 0. The van der Waals surface area contributed by atoms with Crippen molar-refractivity contribution in [3.63, 3.8) is 0 Å². The molecule has 0 spiro atoms. The first-order valence-corrected chi connectivity index (χ1v) is 3.70. The van der Waals surface area contributed by atoms with Gasteiger partial charge in [-0.25, -0.2) is 0 Å². The Morgan fingerprint density at radius 2 is 2.25 bits per heavy atom. The summed E-state index contributed by atoms with van der Waals surface area (Å²) in [5.74, 6) is 1.11. The number of carbonyl (C=O) groups is 1. The van der Waals surface area contributed by atoms with E-state index in [1.807, 2.05) is 6.92 Å². The van der Waals surface area contributed by atoms with Crippen molar-refractivity contribution in [3.05, 3.63) is 11.6 Å². The normalized spacial score (nSPS) is 10.2. The van der Waals surface area contributed by atoms with Crippen LogP contribution in [0.5, 0.6) is 0 Å². The zero-order valence-electron chi connectivity index (χ0n) is 7.46. The van der Waals surface area contributed by atoms with Crippen LogP contribution in [0, 0.1) is 6.92 Å². The maximum Gasteiger partial charge on any atom is 0.213 e. The highest BCUT2D eigenvalue weighted by Gasteiger charge is 2.12. The minimum Gasteiger partial charge on any atom is -0.313 e. The second-order valence-electron chi connectivity index (χ2n) is 2.58. The van der Waals surface area contributed by atoms with Crippen LogP contribution in [0.1, 0.15) is 16.4 Å².